The molecule has 1 unspecified atom stereocenters. The van der Waals surface area contributed by atoms with E-state index in [-0.39, 0.29) is 24.4 Å². The lowest BCUT2D eigenvalue weighted by molar-refractivity contribution is -0.137. The van der Waals surface area contributed by atoms with Gasteiger partial charge in [0.15, 0.2) is 0 Å². The van der Waals surface area contributed by atoms with Crippen LogP contribution in [0.4, 0.5) is 13.2 Å². The van der Waals surface area contributed by atoms with E-state index >= 15 is 0 Å². The topological polar surface area (TPSA) is 81.1 Å². The fourth-order valence-corrected chi connectivity index (χ4v) is 4.98. The maximum atomic E-state index is 13.2. The molecule has 2 heterocycles. The Kier molecular flexibility index (Phi) is 6.19. The molecule has 4 rings (SSSR count). The molecule has 33 heavy (non-hydrogen) atoms. The number of allylic oxidation sites excluding steroid dienone is 5. The third-order valence-corrected chi connectivity index (χ3v) is 7.17. The number of aromatic nitrogens is 2. The van der Waals surface area contributed by atoms with Gasteiger partial charge in [-0.25, -0.2) is 13.1 Å². The van der Waals surface area contributed by atoms with Crippen molar-refractivity contribution in [2.45, 2.75) is 35.7 Å². The fourth-order valence-electron chi connectivity index (χ4n) is 3.43. The predicted molar refractivity (Wildman–Crippen MR) is 118 cm³/mol. The van der Waals surface area contributed by atoms with Gasteiger partial charge in [0.2, 0.25) is 0 Å². The maximum Gasteiger partial charge on any atom is 0.417 e. The first-order chi connectivity index (χ1) is 15.5. The summed E-state index contributed by atoms with van der Waals surface area (Å²) in [6.07, 6.45) is 2.69. The van der Waals surface area contributed by atoms with E-state index in [4.69, 9.17) is 23.2 Å². The van der Waals surface area contributed by atoms with Crippen LogP contribution in [0.2, 0.25) is 5.02 Å². The molecule has 1 aromatic heterocycles. The number of nitrogens with zero attached hydrogens (tertiary/aromatic N) is 2. The summed E-state index contributed by atoms with van der Waals surface area (Å²) in [5.74, 6) is 0.0842. The number of hydrogen-bond donors (Lipinski definition) is 1. The molecule has 1 N–H and O–H groups in total. The maximum absolute atomic E-state index is 13.2. The highest BCUT2D eigenvalue weighted by Crippen LogP contribution is 2.37. The van der Waals surface area contributed by atoms with Crippen molar-refractivity contribution in [1.82, 2.24) is 14.5 Å². The van der Waals surface area contributed by atoms with Crippen LogP contribution in [0.1, 0.15) is 41.6 Å². The van der Waals surface area contributed by atoms with E-state index in [1.807, 2.05) is 0 Å². The summed E-state index contributed by atoms with van der Waals surface area (Å²) in [5, 5.41) is 3.32. The van der Waals surface area contributed by atoms with Gasteiger partial charge in [0.1, 0.15) is 11.6 Å². The lowest BCUT2D eigenvalue weighted by Crippen LogP contribution is -2.28. The highest BCUT2D eigenvalue weighted by atomic mass is 35.5. The van der Waals surface area contributed by atoms with Crippen molar-refractivity contribution in [3.05, 3.63) is 70.5 Å². The average Bonchev–Trinajstić information content (AvgIpc) is 3.07. The van der Waals surface area contributed by atoms with E-state index < -0.39 is 37.1 Å². The van der Waals surface area contributed by atoms with Crippen molar-refractivity contribution >= 4 is 50.4 Å². The Morgan fingerprint density at radius 2 is 1.91 bits per heavy atom. The van der Waals surface area contributed by atoms with Gasteiger partial charge in [-0.05, 0) is 42.3 Å². The Morgan fingerprint density at radius 1 is 1.15 bits per heavy atom. The molecule has 1 atom stereocenters. The number of fused-ring (bicyclic) bond motifs is 1. The molecular formula is C21H16Cl2F3N3O3S. The summed E-state index contributed by atoms with van der Waals surface area (Å²) < 4.78 is 68.9. The van der Waals surface area contributed by atoms with Gasteiger partial charge in [-0.3, -0.25) is 9.52 Å². The van der Waals surface area contributed by atoms with Gasteiger partial charge in [-0.2, -0.15) is 18.3 Å². The monoisotopic (exact) mass is 517 g/mol. The van der Waals surface area contributed by atoms with Gasteiger partial charge < -0.3 is 0 Å². The number of halogens is 5. The zero-order valence-electron chi connectivity index (χ0n) is 16.7. The van der Waals surface area contributed by atoms with Crippen molar-refractivity contribution in [3.63, 3.8) is 0 Å². The third kappa shape index (κ3) is 4.87. The number of carbonyl (C=O) groups is 1. The van der Waals surface area contributed by atoms with Crippen molar-refractivity contribution in [2.75, 3.05) is 0 Å². The number of rotatable bonds is 4. The van der Waals surface area contributed by atoms with Crippen LogP contribution in [0, 0.1) is 0 Å². The number of alkyl halides is 4. The minimum Gasteiger partial charge on any atom is -0.299 e. The molecule has 12 heteroatoms. The SMILES string of the molecule is O=C1CC=CC(c2cc3n(n2)C(NS(=O)(=O)c2ccc(Cl)c(C(F)(F)F)c2)=CCC3Cl)=CC1. The summed E-state index contributed by atoms with van der Waals surface area (Å²) >= 11 is 12.0. The molecule has 0 bridgehead atoms. The average molecular weight is 518 g/mol. The standard InChI is InChI=1S/C21H16Cl2F3N3O3S/c22-16-7-6-14(10-15(16)21(24,25)26)33(31,32)28-20-9-8-17(23)19-11-18(27-29(19)20)12-2-1-3-13(30)5-4-12/h1-2,4,6-7,9-11,17,28H,3,5,8H2. The largest absolute Gasteiger partial charge is 0.417 e. The first-order valence-corrected chi connectivity index (χ1v) is 12.0. The molecule has 0 amide bonds. The number of benzene rings is 1. The van der Waals surface area contributed by atoms with Crippen LogP contribution in [-0.2, 0) is 21.0 Å². The molecule has 174 valence electrons. The van der Waals surface area contributed by atoms with E-state index in [0.717, 1.165) is 12.1 Å². The van der Waals surface area contributed by atoms with Gasteiger partial charge in [0.05, 0.1) is 32.2 Å². The Morgan fingerprint density at radius 3 is 2.64 bits per heavy atom. The van der Waals surface area contributed by atoms with E-state index in [1.165, 1.54) is 10.8 Å². The van der Waals surface area contributed by atoms with Gasteiger partial charge in [-0.1, -0.05) is 29.8 Å². The molecule has 2 aliphatic rings. The number of sulfonamides is 1. The van der Waals surface area contributed by atoms with E-state index in [1.54, 1.807) is 24.3 Å². The first-order valence-electron chi connectivity index (χ1n) is 9.68. The molecule has 0 spiro atoms. The van der Waals surface area contributed by atoms with Crippen molar-refractivity contribution in [1.29, 1.82) is 0 Å². The lowest BCUT2D eigenvalue weighted by Gasteiger charge is -2.21. The Balaban J connectivity index is 1.68. The molecule has 1 aliphatic carbocycles. The van der Waals surface area contributed by atoms with Crippen LogP contribution < -0.4 is 4.72 Å². The Labute approximate surface area is 197 Å². The molecule has 2 aromatic rings. The van der Waals surface area contributed by atoms with Crippen LogP contribution in [0.3, 0.4) is 0 Å². The second-order valence-corrected chi connectivity index (χ2v) is 10.0. The molecule has 1 aliphatic heterocycles. The number of nitrogens with one attached hydrogen (secondary N) is 1. The minimum absolute atomic E-state index is 0.0333. The van der Waals surface area contributed by atoms with E-state index in [0.29, 0.717) is 29.4 Å². The molecule has 0 fully saturated rings. The Hall–Kier alpha value is -2.56. The molecule has 0 saturated carbocycles. The van der Waals surface area contributed by atoms with Gasteiger partial charge in [0, 0.05) is 12.8 Å². The smallest absolute Gasteiger partial charge is 0.299 e. The summed E-state index contributed by atoms with van der Waals surface area (Å²) in [6.45, 7) is 0. The van der Waals surface area contributed by atoms with Crippen molar-refractivity contribution in [3.8, 4) is 0 Å². The van der Waals surface area contributed by atoms with Gasteiger partial charge in [-0.15, -0.1) is 11.6 Å². The zero-order valence-corrected chi connectivity index (χ0v) is 19.1. The van der Waals surface area contributed by atoms with Crippen molar-refractivity contribution < 1.29 is 26.4 Å². The summed E-state index contributed by atoms with van der Waals surface area (Å²) in [4.78, 5) is 11.0. The van der Waals surface area contributed by atoms with Gasteiger partial charge in [0.25, 0.3) is 10.0 Å². The van der Waals surface area contributed by atoms with Crippen LogP contribution in [0.5, 0.6) is 0 Å². The molecular weight excluding hydrogens is 502 g/mol. The molecule has 0 saturated heterocycles. The van der Waals surface area contributed by atoms with Crippen LogP contribution in [-0.4, -0.2) is 24.0 Å². The highest BCUT2D eigenvalue weighted by Gasteiger charge is 2.35. The Bertz CT molecular complexity index is 1330. The highest BCUT2D eigenvalue weighted by molar-refractivity contribution is 7.89. The number of hydrogen-bond acceptors (Lipinski definition) is 4. The van der Waals surface area contributed by atoms with Crippen LogP contribution in [0.25, 0.3) is 11.4 Å². The zero-order chi connectivity index (χ0) is 24.0. The summed E-state index contributed by atoms with van der Waals surface area (Å²) in [7, 11) is -4.40. The number of carbonyl (C=O) groups excluding carboxylic acids is 1. The van der Waals surface area contributed by atoms with E-state index in [9.17, 15) is 26.4 Å². The van der Waals surface area contributed by atoms with E-state index in [2.05, 4.69) is 9.82 Å². The molecule has 0 radical (unpaired) electrons. The summed E-state index contributed by atoms with van der Waals surface area (Å²) in [5.41, 5.74) is 0.416. The van der Waals surface area contributed by atoms with Crippen LogP contribution >= 0.6 is 23.2 Å². The predicted octanol–water partition coefficient (Wildman–Crippen LogP) is 5.32. The fraction of sp³-hybridized carbons (Fsp3) is 0.238. The number of ketones is 1. The van der Waals surface area contributed by atoms with Crippen LogP contribution in [0.15, 0.2) is 53.5 Å². The second kappa shape index (κ2) is 8.66. The first kappa shape index (κ1) is 23.6. The summed E-state index contributed by atoms with van der Waals surface area (Å²) in [6, 6.07) is 4.04. The van der Waals surface area contributed by atoms with Gasteiger partial charge >= 0.3 is 6.18 Å². The lowest BCUT2D eigenvalue weighted by atomic mass is 10.1. The molecule has 6 nitrogen and oxygen atoms in total. The normalized spacial score (nSPS) is 18.9. The third-order valence-electron chi connectivity index (χ3n) is 5.08. The minimum atomic E-state index is -4.82. The second-order valence-electron chi connectivity index (χ2n) is 7.41. The number of Topliss-reactive ketones (excluding diaryl/α,β-unsaturated/α-hetero) is 1. The molecule has 1 aromatic carbocycles. The quantitative estimate of drug-likeness (QED) is 0.556. The van der Waals surface area contributed by atoms with Crippen molar-refractivity contribution in [2.24, 2.45) is 0 Å².